The zero-order valence-corrected chi connectivity index (χ0v) is 20.3. The second kappa shape index (κ2) is 16.7. The molecule has 0 aromatic heterocycles. The zero-order valence-electron chi connectivity index (χ0n) is 20.3. The van der Waals surface area contributed by atoms with Gasteiger partial charge in [-0.05, 0) is 55.2 Å². The van der Waals surface area contributed by atoms with E-state index in [4.69, 9.17) is 9.47 Å². The molecule has 0 aliphatic carbocycles. The van der Waals surface area contributed by atoms with Crippen molar-refractivity contribution in [3.05, 3.63) is 59.7 Å². The van der Waals surface area contributed by atoms with Gasteiger partial charge in [-0.2, -0.15) is 0 Å². The van der Waals surface area contributed by atoms with Crippen LogP contribution in [-0.4, -0.2) is 26.2 Å². The molecule has 0 atom stereocenters. The van der Waals surface area contributed by atoms with Crippen LogP contribution in [0.2, 0.25) is 0 Å². The maximum Gasteiger partial charge on any atom is 0.310 e. The molecule has 0 aliphatic heterocycles. The first-order valence-electron chi connectivity index (χ1n) is 12.3. The summed E-state index contributed by atoms with van der Waals surface area (Å²) < 4.78 is 10.2. The Balaban J connectivity index is 1.41. The Labute approximate surface area is 200 Å². The van der Waals surface area contributed by atoms with E-state index in [0.29, 0.717) is 13.0 Å². The highest BCUT2D eigenvalue weighted by Gasteiger charge is 2.03. The smallest absolute Gasteiger partial charge is 0.310 e. The van der Waals surface area contributed by atoms with Gasteiger partial charge in [0.25, 0.3) is 0 Å². The van der Waals surface area contributed by atoms with Crippen LogP contribution >= 0.6 is 0 Å². The first-order chi connectivity index (χ1) is 16.2. The summed E-state index contributed by atoms with van der Waals surface area (Å²) in [7, 11) is 1.69. The van der Waals surface area contributed by atoms with Crippen molar-refractivity contribution >= 4 is 11.7 Å². The van der Waals surface area contributed by atoms with Crippen molar-refractivity contribution in [2.24, 2.45) is 0 Å². The van der Waals surface area contributed by atoms with E-state index in [1.807, 2.05) is 43.3 Å². The molecule has 0 radical (unpaired) electrons. The number of carbonyl (C=O) groups excluding carboxylic acids is 1. The minimum Gasteiger partial charge on any atom is -0.497 e. The summed E-state index contributed by atoms with van der Waals surface area (Å²) in [5.41, 5.74) is 3.33. The highest BCUT2D eigenvalue weighted by atomic mass is 16.5. The van der Waals surface area contributed by atoms with Gasteiger partial charge in [-0.1, -0.05) is 62.3 Å². The summed E-state index contributed by atoms with van der Waals surface area (Å²) in [5.74, 6) is 7.30. The largest absolute Gasteiger partial charge is 0.497 e. The third-order valence-electron chi connectivity index (χ3n) is 5.49. The monoisotopic (exact) mass is 449 g/mol. The Kier molecular flexibility index (Phi) is 13.3. The number of esters is 1. The predicted molar refractivity (Wildman–Crippen MR) is 137 cm³/mol. The zero-order chi connectivity index (χ0) is 23.6. The number of nitrogens with one attached hydrogen (secondary N) is 1. The van der Waals surface area contributed by atoms with E-state index in [-0.39, 0.29) is 5.97 Å². The highest BCUT2D eigenvalue weighted by Crippen LogP contribution is 2.13. The average molecular weight is 450 g/mol. The Morgan fingerprint density at radius 3 is 2.12 bits per heavy atom. The summed E-state index contributed by atoms with van der Waals surface area (Å²) >= 11 is 0. The molecule has 2 aromatic rings. The Hall–Kier alpha value is -2.93. The summed E-state index contributed by atoms with van der Waals surface area (Å²) in [4.78, 5) is 11.5. The van der Waals surface area contributed by atoms with E-state index in [9.17, 15) is 4.79 Å². The number of unbranched alkanes of at least 4 members (excludes halogenated alkanes) is 7. The third-order valence-corrected chi connectivity index (χ3v) is 5.49. The summed E-state index contributed by atoms with van der Waals surface area (Å²) in [6.07, 6.45) is 11.0. The molecule has 0 spiro atoms. The molecule has 0 amide bonds. The van der Waals surface area contributed by atoms with Crippen molar-refractivity contribution < 1.29 is 14.3 Å². The predicted octanol–water partition coefficient (Wildman–Crippen LogP) is 6.58. The van der Waals surface area contributed by atoms with Crippen molar-refractivity contribution in [3.63, 3.8) is 0 Å². The topological polar surface area (TPSA) is 47.6 Å². The van der Waals surface area contributed by atoms with Crippen molar-refractivity contribution in [1.29, 1.82) is 0 Å². The molecule has 4 heteroatoms. The Bertz CT molecular complexity index is 847. The SMILES string of the molecule is CCOC(=O)Cc1ccc(NCCCCCCCCCC#CCc2ccc(OC)cc2)cc1. The van der Waals surface area contributed by atoms with Gasteiger partial charge in [0.2, 0.25) is 0 Å². The molecule has 2 rings (SSSR count). The molecule has 1 N–H and O–H groups in total. The fraction of sp³-hybridized carbons (Fsp3) is 0.483. The van der Waals surface area contributed by atoms with E-state index in [1.165, 1.54) is 50.5 Å². The minimum absolute atomic E-state index is 0.170. The lowest BCUT2D eigenvalue weighted by Gasteiger charge is -2.08. The molecule has 2 aromatic carbocycles. The molecule has 0 bridgehead atoms. The van der Waals surface area contributed by atoms with Gasteiger partial charge in [0, 0.05) is 25.1 Å². The van der Waals surface area contributed by atoms with E-state index >= 15 is 0 Å². The molecule has 0 fully saturated rings. The average Bonchev–Trinajstić information content (AvgIpc) is 2.83. The number of rotatable bonds is 15. The minimum atomic E-state index is -0.170. The number of carbonyl (C=O) groups is 1. The first-order valence-corrected chi connectivity index (χ1v) is 12.3. The van der Waals surface area contributed by atoms with Gasteiger partial charge in [-0.15, -0.1) is 5.92 Å². The fourth-order valence-corrected chi connectivity index (χ4v) is 3.57. The van der Waals surface area contributed by atoms with Crippen LogP contribution in [0.5, 0.6) is 5.75 Å². The first kappa shape index (κ1) is 26.3. The molecular formula is C29H39NO3. The maximum atomic E-state index is 11.5. The van der Waals surface area contributed by atoms with E-state index in [1.54, 1.807) is 7.11 Å². The Morgan fingerprint density at radius 1 is 0.818 bits per heavy atom. The molecule has 0 saturated heterocycles. The number of benzene rings is 2. The van der Waals surface area contributed by atoms with Gasteiger partial charge in [-0.25, -0.2) is 0 Å². The molecule has 0 saturated carbocycles. The molecular weight excluding hydrogens is 410 g/mol. The van der Waals surface area contributed by atoms with Crippen LogP contribution in [0.4, 0.5) is 5.69 Å². The number of methoxy groups -OCH3 is 1. The molecule has 4 nitrogen and oxygen atoms in total. The summed E-state index contributed by atoms with van der Waals surface area (Å²) in [6.45, 7) is 3.24. The van der Waals surface area contributed by atoms with Crippen LogP contribution in [0, 0.1) is 11.8 Å². The van der Waals surface area contributed by atoms with Crippen LogP contribution in [0.15, 0.2) is 48.5 Å². The number of hydrogen-bond acceptors (Lipinski definition) is 4. The molecule has 0 heterocycles. The maximum absolute atomic E-state index is 11.5. The lowest BCUT2D eigenvalue weighted by molar-refractivity contribution is -0.142. The van der Waals surface area contributed by atoms with Crippen molar-refractivity contribution in [2.75, 3.05) is 25.6 Å². The number of ether oxygens (including phenoxy) is 2. The number of hydrogen-bond donors (Lipinski definition) is 1. The standard InChI is InChI=1S/C29H39NO3/c1-3-33-29(31)24-26-15-19-27(20-16-26)30-23-13-11-9-7-5-4-6-8-10-12-14-25-17-21-28(32-2)22-18-25/h15-22,30H,3-9,11,13-14,23-24H2,1-2H3. The van der Waals surface area contributed by atoms with E-state index in [2.05, 4.69) is 29.3 Å². The van der Waals surface area contributed by atoms with Crippen LogP contribution < -0.4 is 10.1 Å². The normalized spacial score (nSPS) is 10.2. The fourth-order valence-electron chi connectivity index (χ4n) is 3.57. The van der Waals surface area contributed by atoms with E-state index < -0.39 is 0 Å². The van der Waals surface area contributed by atoms with Crippen LogP contribution in [0.1, 0.15) is 69.4 Å². The van der Waals surface area contributed by atoms with Gasteiger partial charge in [0.05, 0.1) is 20.1 Å². The van der Waals surface area contributed by atoms with E-state index in [0.717, 1.165) is 36.4 Å². The van der Waals surface area contributed by atoms with Crippen molar-refractivity contribution in [3.8, 4) is 17.6 Å². The van der Waals surface area contributed by atoms with Gasteiger partial charge in [0.1, 0.15) is 5.75 Å². The third kappa shape index (κ3) is 12.0. The quantitative estimate of drug-likeness (QED) is 0.189. The van der Waals surface area contributed by atoms with Crippen molar-refractivity contribution in [1.82, 2.24) is 0 Å². The molecule has 0 aliphatic rings. The van der Waals surface area contributed by atoms with Gasteiger partial charge >= 0.3 is 5.97 Å². The van der Waals surface area contributed by atoms with Crippen LogP contribution in [0.3, 0.4) is 0 Å². The lowest BCUT2D eigenvalue weighted by atomic mass is 10.1. The van der Waals surface area contributed by atoms with Crippen LogP contribution in [-0.2, 0) is 22.4 Å². The summed E-state index contributed by atoms with van der Waals surface area (Å²) in [6, 6.07) is 16.2. The second-order valence-corrected chi connectivity index (χ2v) is 8.21. The second-order valence-electron chi connectivity index (χ2n) is 8.21. The summed E-state index contributed by atoms with van der Waals surface area (Å²) in [5, 5.41) is 3.46. The van der Waals surface area contributed by atoms with Gasteiger partial charge < -0.3 is 14.8 Å². The van der Waals surface area contributed by atoms with Crippen molar-refractivity contribution in [2.45, 2.75) is 71.1 Å². The van der Waals surface area contributed by atoms with Gasteiger partial charge in [0.15, 0.2) is 0 Å². The van der Waals surface area contributed by atoms with Crippen LogP contribution in [0.25, 0.3) is 0 Å². The molecule has 0 unspecified atom stereocenters. The Morgan fingerprint density at radius 2 is 1.45 bits per heavy atom. The van der Waals surface area contributed by atoms with Gasteiger partial charge in [-0.3, -0.25) is 4.79 Å². The highest BCUT2D eigenvalue weighted by molar-refractivity contribution is 5.72. The number of anilines is 1. The lowest BCUT2D eigenvalue weighted by Crippen LogP contribution is -2.07. The molecule has 33 heavy (non-hydrogen) atoms. The molecule has 178 valence electrons.